The third-order valence-electron chi connectivity index (χ3n) is 2.93. The van der Waals surface area contributed by atoms with E-state index in [0.29, 0.717) is 18.1 Å². The summed E-state index contributed by atoms with van der Waals surface area (Å²) in [5, 5.41) is 2.60. The molecule has 0 unspecified atom stereocenters. The number of carbonyl (C=O) groups excluding carboxylic acids is 1. The number of hydrogen-bond donors (Lipinski definition) is 1. The van der Waals surface area contributed by atoms with Gasteiger partial charge >= 0.3 is 5.51 Å². The molecule has 0 radical (unpaired) electrons. The van der Waals surface area contributed by atoms with Crippen LogP contribution in [0.15, 0.2) is 47.5 Å². The molecular formula is C16H15F3N2O2S. The predicted molar refractivity (Wildman–Crippen MR) is 84.9 cm³/mol. The summed E-state index contributed by atoms with van der Waals surface area (Å²) >= 11 is -0.309. The molecule has 128 valence electrons. The first-order chi connectivity index (χ1) is 11.4. The molecule has 1 aromatic carbocycles. The highest BCUT2D eigenvalue weighted by Gasteiger charge is 2.31. The van der Waals surface area contributed by atoms with Crippen LogP contribution in [0.2, 0.25) is 0 Å². The molecule has 2 aromatic rings. The Morgan fingerprint density at radius 2 is 2.00 bits per heavy atom. The van der Waals surface area contributed by atoms with Crippen LogP contribution >= 0.6 is 11.8 Å². The fraction of sp³-hybridized carbons (Fsp3) is 0.250. The van der Waals surface area contributed by atoms with E-state index < -0.39 is 11.4 Å². The Labute approximate surface area is 141 Å². The van der Waals surface area contributed by atoms with E-state index in [1.807, 2.05) is 6.92 Å². The monoisotopic (exact) mass is 356 g/mol. The van der Waals surface area contributed by atoms with Crippen molar-refractivity contribution < 1.29 is 22.7 Å². The van der Waals surface area contributed by atoms with E-state index in [9.17, 15) is 18.0 Å². The molecular weight excluding hydrogens is 341 g/mol. The number of aromatic nitrogens is 1. The minimum atomic E-state index is -4.46. The van der Waals surface area contributed by atoms with Gasteiger partial charge in [0.15, 0.2) is 0 Å². The van der Waals surface area contributed by atoms with Crippen LogP contribution in [0.4, 0.5) is 13.2 Å². The average molecular weight is 356 g/mol. The maximum atomic E-state index is 12.6. The van der Waals surface area contributed by atoms with E-state index >= 15 is 0 Å². The van der Waals surface area contributed by atoms with Gasteiger partial charge in [-0.3, -0.25) is 4.79 Å². The van der Waals surface area contributed by atoms with Crippen LogP contribution < -0.4 is 10.1 Å². The highest BCUT2D eigenvalue weighted by Crippen LogP contribution is 2.38. The molecule has 2 rings (SSSR count). The number of benzene rings is 1. The van der Waals surface area contributed by atoms with Crippen LogP contribution in [0.5, 0.6) is 5.88 Å². The number of thioether (sulfide) groups is 1. The number of carbonyl (C=O) groups is 1. The van der Waals surface area contributed by atoms with E-state index in [-0.39, 0.29) is 28.8 Å². The van der Waals surface area contributed by atoms with Gasteiger partial charge in [-0.2, -0.15) is 13.2 Å². The van der Waals surface area contributed by atoms with E-state index in [1.165, 1.54) is 24.3 Å². The van der Waals surface area contributed by atoms with Crippen molar-refractivity contribution in [3.05, 3.63) is 53.7 Å². The summed E-state index contributed by atoms with van der Waals surface area (Å²) in [5.74, 6) is -0.202. The zero-order valence-electron chi connectivity index (χ0n) is 12.8. The van der Waals surface area contributed by atoms with E-state index in [2.05, 4.69) is 10.3 Å². The standard InChI is InChI=1S/C16H15F3N2O2S/c1-2-23-15-11(6-5-9-20-15)10-21-14(22)12-7-3-4-8-13(12)24-16(17,18)19/h3-9H,2,10H2,1H3,(H,21,22). The lowest BCUT2D eigenvalue weighted by atomic mass is 10.2. The van der Waals surface area contributed by atoms with Crippen molar-refractivity contribution in [2.45, 2.75) is 23.9 Å². The van der Waals surface area contributed by atoms with Crippen LogP contribution in [0.1, 0.15) is 22.8 Å². The zero-order chi connectivity index (χ0) is 17.6. The normalized spacial score (nSPS) is 11.2. The van der Waals surface area contributed by atoms with Gasteiger partial charge < -0.3 is 10.1 Å². The maximum absolute atomic E-state index is 12.6. The van der Waals surface area contributed by atoms with Gasteiger partial charge in [-0.05, 0) is 36.9 Å². The Hall–Kier alpha value is -2.22. The van der Waals surface area contributed by atoms with Gasteiger partial charge in [0.2, 0.25) is 5.88 Å². The Kier molecular flexibility index (Phi) is 6.08. The molecule has 0 fully saturated rings. The summed E-state index contributed by atoms with van der Waals surface area (Å²) in [7, 11) is 0. The van der Waals surface area contributed by atoms with Crippen molar-refractivity contribution in [3.63, 3.8) is 0 Å². The van der Waals surface area contributed by atoms with Crippen LogP contribution in [0.25, 0.3) is 0 Å². The molecule has 0 aliphatic carbocycles. The number of ether oxygens (including phenoxy) is 1. The fourth-order valence-electron chi connectivity index (χ4n) is 1.96. The molecule has 1 amide bonds. The molecule has 0 aliphatic rings. The predicted octanol–water partition coefficient (Wildman–Crippen LogP) is 4.02. The first-order valence-electron chi connectivity index (χ1n) is 7.10. The topological polar surface area (TPSA) is 51.2 Å². The first kappa shape index (κ1) is 18.1. The number of amides is 1. The molecule has 1 N–H and O–H groups in total. The molecule has 1 heterocycles. The summed E-state index contributed by atoms with van der Waals surface area (Å²) < 4.78 is 43.1. The smallest absolute Gasteiger partial charge is 0.446 e. The Morgan fingerprint density at radius 1 is 1.25 bits per heavy atom. The molecule has 0 saturated carbocycles. The maximum Gasteiger partial charge on any atom is 0.446 e. The van der Waals surface area contributed by atoms with Gasteiger partial charge in [-0.15, -0.1) is 0 Å². The minimum absolute atomic E-state index is 0.0262. The highest BCUT2D eigenvalue weighted by molar-refractivity contribution is 8.00. The number of halogens is 3. The van der Waals surface area contributed by atoms with Gasteiger partial charge in [-0.1, -0.05) is 18.2 Å². The van der Waals surface area contributed by atoms with Crippen molar-refractivity contribution >= 4 is 17.7 Å². The van der Waals surface area contributed by atoms with Crippen molar-refractivity contribution in [1.29, 1.82) is 0 Å². The van der Waals surface area contributed by atoms with E-state index in [4.69, 9.17) is 4.74 Å². The van der Waals surface area contributed by atoms with Gasteiger partial charge in [0, 0.05) is 23.2 Å². The SMILES string of the molecule is CCOc1ncccc1CNC(=O)c1ccccc1SC(F)(F)F. The lowest BCUT2D eigenvalue weighted by Crippen LogP contribution is -2.24. The summed E-state index contributed by atoms with van der Waals surface area (Å²) in [4.78, 5) is 16.2. The van der Waals surface area contributed by atoms with Crippen molar-refractivity contribution in [2.24, 2.45) is 0 Å². The number of nitrogens with zero attached hydrogens (tertiary/aromatic N) is 1. The molecule has 1 aromatic heterocycles. The number of rotatable bonds is 6. The highest BCUT2D eigenvalue weighted by atomic mass is 32.2. The number of alkyl halides is 3. The number of pyridine rings is 1. The van der Waals surface area contributed by atoms with Crippen LogP contribution in [0.3, 0.4) is 0 Å². The van der Waals surface area contributed by atoms with Gasteiger partial charge in [0.1, 0.15) is 0 Å². The molecule has 0 atom stereocenters. The second kappa shape index (κ2) is 8.05. The zero-order valence-corrected chi connectivity index (χ0v) is 13.6. The quantitative estimate of drug-likeness (QED) is 0.794. The molecule has 4 nitrogen and oxygen atoms in total. The third kappa shape index (κ3) is 5.16. The largest absolute Gasteiger partial charge is 0.478 e. The van der Waals surface area contributed by atoms with Crippen molar-refractivity contribution in [3.8, 4) is 5.88 Å². The Morgan fingerprint density at radius 3 is 2.71 bits per heavy atom. The van der Waals surface area contributed by atoms with E-state index in [1.54, 1.807) is 18.3 Å². The minimum Gasteiger partial charge on any atom is -0.478 e. The third-order valence-corrected chi connectivity index (χ3v) is 3.74. The second-order valence-corrected chi connectivity index (χ2v) is 5.73. The van der Waals surface area contributed by atoms with Crippen LogP contribution in [-0.2, 0) is 6.54 Å². The molecule has 0 aliphatic heterocycles. The van der Waals surface area contributed by atoms with Gasteiger partial charge in [0.05, 0.1) is 12.2 Å². The molecule has 0 bridgehead atoms. The number of nitrogens with one attached hydrogen (secondary N) is 1. The summed E-state index contributed by atoms with van der Waals surface area (Å²) in [6.07, 6.45) is 1.56. The molecule has 0 saturated heterocycles. The van der Waals surface area contributed by atoms with Crippen LogP contribution in [-0.4, -0.2) is 23.0 Å². The fourth-order valence-corrected chi connectivity index (χ4v) is 2.63. The molecule has 0 spiro atoms. The lowest BCUT2D eigenvalue weighted by Gasteiger charge is -2.12. The summed E-state index contributed by atoms with van der Waals surface area (Å²) in [6.45, 7) is 2.33. The summed E-state index contributed by atoms with van der Waals surface area (Å²) in [6, 6.07) is 9.02. The average Bonchev–Trinajstić information content (AvgIpc) is 2.53. The summed E-state index contributed by atoms with van der Waals surface area (Å²) in [5.41, 5.74) is -3.84. The van der Waals surface area contributed by atoms with Gasteiger partial charge in [0.25, 0.3) is 5.91 Å². The van der Waals surface area contributed by atoms with Crippen molar-refractivity contribution in [1.82, 2.24) is 10.3 Å². The Bertz CT molecular complexity index is 708. The lowest BCUT2D eigenvalue weighted by molar-refractivity contribution is -0.0328. The number of hydrogen-bond acceptors (Lipinski definition) is 4. The van der Waals surface area contributed by atoms with Crippen LogP contribution in [0, 0.1) is 0 Å². The Balaban J connectivity index is 2.11. The van der Waals surface area contributed by atoms with Crippen molar-refractivity contribution in [2.75, 3.05) is 6.61 Å². The van der Waals surface area contributed by atoms with Gasteiger partial charge in [-0.25, -0.2) is 4.98 Å². The first-order valence-corrected chi connectivity index (χ1v) is 7.92. The van der Waals surface area contributed by atoms with E-state index in [0.717, 1.165) is 0 Å². The second-order valence-electron chi connectivity index (χ2n) is 4.63. The molecule has 24 heavy (non-hydrogen) atoms. The molecule has 8 heteroatoms.